The largest absolute Gasteiger partial charge is 0.318 e. The first-order valence-corrected chi connectivity index (χ1v) is 11.9. The van der Waals surface area contributed by atoms with Gasteiger partial charge in [-0.3, -0.25) is 19.7 Å². The Morgan fingerprint density at radius 3 is 2.58 bits per heavy atom. The number of hydrogen-bond donors (Lipinski definition) is 1. The maximum absolute atomic E-state index is 13.2. The average Bonchev–Trinajstić information content (AvgIpc) is 3.55. The third-order valence-corrected chi connectivity index (χ3v) is 7.18. The second-order valence-corrected chi connectivity index (χ2v) is 9.45. The van der Waals surface area contributed by atoms with Crippen molar-refractivity contribution in [2.24, 2.45) is 0 Å². The molecule has 1 aliphatic heterocycles. The van der Waals surface area contributed by atoms with Crippen molar-refractivity contribution in [3.8, 4) is 5.69 Å². The molecule has 1 aromatic carbocycles. The molecule has 8 nitrogen and oxygen atoms in total. The van der Waals surface area contributed by atoms with Crippen LogP contribution in [0.2, 0.25) is 0 Å². The molecule has 1 N–H and O–H groups in total. The maximum Gasteiger partial charge on any atom is 0.252 e. The molecule has 3 aliphatic rings. The van der Waals surface area contributed by atoms with E-state index in [1.165, 1.54) is 16.7 Å². The van der Waals surface area contributed by atoms with E-state index in [4.69, 9.17) is 4.98 Å². The highest BCUT2D eigenvalue weighted by Gasteiger charge is 2.50. The van der Waals surface area contributed by atoms with Crippen molar-refractivity contribution in [3.63, 3.8) is 0 Å². The van der Waals surface area contributed by atoms with Gasteiger partial charge in [0.2, 0.25) is 17.0 Å². The van der Waals surface area contributed by atoms with Crippen LogP contribution in [0.5, 0.6) is 0 Å². The van der Waals surface area contributed by atoms with Gasteiger partial charge in [0.1, 0.15) is 17.9 Å². The van der Waals surface area contributed by atoms with Gasteiger partial charge in [0.15, 0.2) is 0 Å². The van der Waals surface area contributed by atoms with Crippen LogP contribution in [0.1, 0.15) is 56.7 Å². The molecule has 0 radical (unpaired) electrons. The summed E-state index contributed by atoms with van der Waals surface area (Å²) in [6, 6.07) is 9.87. The normalized spacial score (nSPS) is 20.7. The Morgan fingerprint density at radius 1 is 1.13 bits per heavy atom. The lowest BCUT2D eigenvalue weighted by molar-refractivity contribution is -0.158. The number of hydrogen-bond acceptors (Lipinski definition) is 6. The first kappa shape index (κ1) is 20.2. The van der Waals surface area contributed by atoms with E-state index in [9.17, 15) is 14.4 Å². The fourth-order valence-electron chi connectivity index (χ4n) is 4.60. The van der Waals surface area contributed by atoms with Crippen molar-refractivity contribution >= 4 is 29.5 Å². The minimum Gasteiger partial charge on any atom is -0.318 e. The second-order valence-electron chi connectivity index (χ2n) is 8.51. The zero-order chi connectivity index (χ0) is 21.4. The molecule has 2 aliphatic carbocycles. The lowest BCUT2D eigenvalue weighted by Gasteiger charge is -2.47. The SMILES string of the molecule is O=C1CN(C(=O)CSc2nc(C3CC3)n(-c3ccccc3)n2)C2(CCCCC2)C(=O)N1. The quantitative estimate of drug-likeness (QED) is 0.568. The highest BCUT2D eigenvalue weighted by atomic mass is 32.2. The number of piperazine rings is 1. The number of para-hydroxylation sites is 1. The fourth-order valence-corrected chi connectivity index (χ4v) is 5.30. The monoisotopic (exact) mass is 439 g/mol. The van der Waals surface area contributed by atoms with Crippen LogP contribution in [0.25, 0.3) is 5.69 Å². The van der Waals surface area contributed by atoms with Gasteiger partial charge in [-0.15, -0.1) is 5.10 Å². The summed E-state index contributed by atoms with van der Waals surface area (Å²) in [4.78, 5) is 44.1. The van der Waals surface area contributed by atoms with Crippen LogP contribution in [-0.4, -0.2) is 55.2 Å². The highest BCUT2D eigenvalue weighted by Crippen LogP contribution is 2.41. The number of nitrogens with zero attached hydrogens (tertiary/aromatic N) is 4. The molecule has 5 rings (SSSR count). The van der Waals surface area contributed by atoms with Crippen molar-refractivity contribution in [1.82, 2.24) is 25.0 Å². The van der Waals surface area contributed by atoms with Gasteiger partial charge < -0.3 is 4.90 Å². The van der Waals surface area contributed by atoms with Crippen molar-refractivity contribution in [1.29, 1.82) is 0 Å². The summed E-state index contributed by atoms with van der Waals surface area (Å²) in [6.07, 6.45) is 6.22. The highest BCUT2D eigenvalue weighted by molar-refractivity contribution is 7.99. The molecule has 1 saturated heterocycles. The number of rotatable bonds is 5. The summed E-state index contributed by atoms with van der Waals surface area (Å²) < 4.78 is 1.87. The predicted molar refractivity (Wildman–Crippen MR) is 115 cm³/mol. The lowest BCUT2D eigenvalue weighted by Crippen LogP contribution is -2.69. The molecule has 9 heteroatoms. The number of aromatic nitrogens is 3. The van der Waals surface area contributed by atoms with E-state index in [1.807, 2.05) is 35.0 Å². The van der Waals surface area contributed by atoms with Crippen LogP contribution < -0.4 is 5.32 Å². The smallest absolute Gasteiger partial charge is 0.252 e. The molecule has 2 aromatic rings. The third-order valence-electron chi connectivity index (χ3n) is 6.36. The molecule has 0 bridgehead atoms. The summed E-state index contributed by atoms with van der Waals surface area (Å²) in [6.45, 7) is -0.0651. The molecule has 1 aromatic heterocycles. The van der Waals surface area contributed by atoms with E-state index < -0.39 is 11.4 Å². The van der Waals surface area contributed by atoms with Gasteiger partial charge in [0.25, 0.3) is 5.91 Å². The Balaban J connectivity index is 1.34. The maximum atomic E-state index is 13.2. The van der Waals surface area contributed by atoms with Crippen LogP contribution in [-0.2, 0) is 14.4 Å². The molecule has 3 fully saturated rings. The molecule has 162 valence electrons. The van der Waals surface area contributed by atoms with E-state index in [2.05, 4.69) is 10.4 Å². The number of benzene rings is 1. The Morgan fingerprint density at radius 2 is 1.87 bits per heavy atom. The van der Waals surface area contributed by atoms with Crippen molar-refractivity contribution in [2.45, 2.75) is 61.6 Å². The minimum absolute atomic E-state index is 0.0651. The number of carbonyl (C=O) groups excluding carboxylic acids is 3. The van der Waals surface area contributed by atoms with E-state index >= 15 is 0 Å². The lowest BCUT2D eigenvalue weighted by atomic mass is 9.78. The van der Waals surface area contributed by atoms with Crippen molar-refractivity contribution in [3.05, 3.63) is 36.2 Å². The Bertz CT molecular complexity index is 1010. The number of carbonyl (C=O) groups is 3. The number of imide groups is 1. The van der Waals surface area contributed by atoms with Gasteiger partial charge in [-0.2, -0.15) is 0 Å². The molecule has 2 saturated carbocycles. The van der Waals surface area contributed by atoms with E-state index in [-0.39, 0.29) is 24.1 Å². The van der Waals surface area contributed by atoms with Crippen LogP contribution in [0.4, 0.5) is 0 Å². The number of nitrogens with one attached hydrogen (secondary N) is 1. The summed E-state index contributed by atoms with van der Waals surface area (Å²) in [5.74, 6) is 0.486. The number of amides is 3. The molecular formula is C22H25N5O3S. The summed E-state index contributed by atoms with van der Waals surface area (Å²) in [7, 11) is 0. The summed E-state index contributed by atoms with van der Waals surface area (Å²) in [5.41, 5.74) is 0.0642. The molecular weight excluding hydrogens is 414 g/mol. The molecule has 1 spiro atoms. The second kappa shape index (κ2) is 8.11. The van der Waals surface area contributed by atoms with Crippen LogP contribution in [0.15, 0.2) is 35.5 Å². The summed E-state index contributed by atoms with van der Waals surface area (Å²) >= 11 is 1.27. The first-order chi connectivity index (χ1) is 15.1. The molecule has 3 amide bonds. The Hall–Kier alpha value is -2.68. The predicted octanol–water partition coefficient (Wildman–Crippen LogP) is 2.42. The van der Waals surface area contributed by atoms with Gasteiger partial charge in [-0.05, 0) is 37.8 Å². The third kappa shape index (κ3) is 3.86. The fraction of sp³-hybridized carbons (Fsp3) is 0.500. The van der Waals surface area contributed by atoms with Gasteiger partial charge in [-0.1, -0.05) is 49.2 Å². The topological polar surface area (TPSA) is 97.2 Å². The molecule has 2 heterocycles. The van der Waals surface area contributed by atoms with Gasteiger partial charge in [0, 0.05) is 5.92 Å². The zero-order valence-corrected chi connectivity index (χ0v) is 18.1. The molecule has 0 atom stereocenters. The average molecular weight is 440 g/mol. The van der Waals surface area contributed by atoms with Crippen LogP contribution >= 0.6 is 11.8 Å². The molecule has 0 unspecified atom stereocenters. The van der Waals surface area contributed by atoms with E-state index in [1.54, 1.807) is 0 Å². The van der Waals surface area contributed by atoms with Crippen molar-refractivity contribution < 1.29 is 14.4 Å². The van der Waals surface area contributed by atoms with Gasteiger partial charge in [-0.25, -0.2) is 9.67 Å². The van der Waals surface area contributed by atoms with E-state index in [0.717, 1.165) is 43.6 Å². The Kier molecular flexibility index (Phi) is 5.29. The Labute approximate surface area is 184 Å². The molecule has 31 heavy (non-hydrogen) atoms. The first-order valence-electron chi connectivity index (χ1n) is 10.9. The minimum atomic E-state index is -0.889. The zero-order valence-electron chi connectivity index (χ0n) is 17.2. The van der Waals surface area contributed by atoms with Crippen LogP contribution in [0, 0.1) is 0 Å². The van der Waals surface area contributed by atoms with Crippen LogP contribution in [0.3, 0.4) is 0 Å². The number of thioether (sulfide) groups is 1. The van der Waals surface area contributed by atoms with Gasteiger partial charge in [0.05, 0.1) is 11.4 Å². The van der Waals surface area contributed by atoms with Gasteiger partial charge >= 0.3 is 0 Å². The van der Waals surface area contributed by atoms with Crippen molar-refractivity contribution in [2.75, 3.05) is 12.3 Å². The van der Waals surface area contributed by atoms with E-state index in [0.29, 0.717) is 23.9 Å². The summed E-state index contributed by atoms with van der Waals surface area (Å²) in [5, 5.41) is 7.63. The standard InChI is InChI=1S/C22H25N5O3S/c28-17-13-26(22(20(30)23-17)11-5-2-6-12-22)18(29)14-31-21-24-19(15-9-10-15)27(25-21)16-7-3-1-4-8-16/h1,3-4,7-8,15H,2,5-6,9-14H2,(H,23,28,30).